The van der Waals surface area contributed by atoms with Crippen LogP contribution in [-0.2, 0) is 16.1 Å². The van der Waals surface area contributed by atoms with Crippen LogP contribution in [-0.4, -0.2) is 43.6 Å². The molecule has 3 N–H and O–H groups in total. The highest BCUT2D eigenvalue weighted by atomic mass is 16.6. The van der Waals surface area contributed by atoms with E-state index < -0.39 is 6.09 Å². The highest BCUT2D eigenvalue weighted by molar-refractivity contribution is 5.93. The lowest BCUT2D eigenvalue weighted by Gasteiger charge is -2.19. The first-order chi connectivity index (χ1) is 9.19. The van der Waals surface area contributed by atoms with Gasteiger partial charge in [0.25, 0.3) is 0 Å². The number of carbonyl (C=O) groups excluding carboxylic acids is 2. The molecule has 1 rings (SSSR count). The van der Waals surface area contributed by atoms with Crippen molar-refractivity contribution in [3.8, 4) is 0 Å². The van der Waals surface area contributed by atoms with Crippen LogP contribution in [0.25, 0.3) is 0 Å². The zero-order chi connectivity index (χ0) is 14.1. The molecule has 0 aliphatic rings. The van der Waals surface area contributed by atoms with Gasteiger partial charge in [0.2, 0.25) is 5.91 Å². The van der Waals surface area contributed by atoms with E-state index in [1.165, 1.54) is 0 Å². The number of hydrogen-bond donors (Lipinski definition) is 2. The van der Waals surface area contributed by atoms with Crippen LogP contribution in [0.4, 0.5) is 4.79 Å². The molecule has 0 bridgehead atoms. The molecule has 0 aliphatic carbocycles. The number of imide groups is 1. The Morgan fingerprint density at radius 2 is 2.00 bits per heavy atom. The van der Waals surface area contributed by atoms with E-state index in [-0.39, 0.29) is 32.1 Å². The van der Waals surface area contributed by atoms with E-state index in [2.05, 4.69) is 5.32 Å². The minimum absolute atomic E-state index is 0.0699. The van der Waals surface area contributed by atoms with Crippen LogP contribution >= 0.6 is 0 Å². The van der Waals surface area contributed by atoms with Gasteiger partial charge in [0.1, 0.15) is 6.61 Å². The Labute approximate surface area is 112 Å². The second kappa shape index (κ2) is 8.23. The van der Waals surface area contributed by atoms with Crippen LogP contribution in [0.5, 0.6) is 0 Å². The van der Waals surface area contributed by atoms with E-state index in [4.69, 9.17) is 10.5 Å². The van der Waals surface area contributed by atoms with Gasteiger partial charge in [-0.05, 0) is 12.6 Å². The maximum Gasteiger partial charge on any atom is 0.416 e. The van der Waals surface area contributed by atoms with E-state index >= 15 is 0 Å². The van der Waals surface area contributed by atoms with Gasteiger partial charge in [-0.15, -0.1) is 0 Å². The third-order valence-corrected chi connectivity index (χ3v) is 2.41. The Kier molecular flexibility index (Phi) is 6.56. The third-order valence-electron chi connectivity index (χ3n) is 2.41. The zero-order valence-corrected chi connectivity index (χ0v) is 11.0. The highest BCUT2D eigenvalue weighted by Gasteiger charge is 2.21. The maximum atomic E-state index is 11.8. The first-order valence-electron chi connectivity index (χ1n) is 6.04. The molecule has 0 aromatic heterocycles. The van der Waals surface area contributed by atoms with Crippen molar-refractivity contribution < 1.29 is 14.3 Å². The number of nitrogens with zero attached hydrogens (tertiary/aromatic N) is 1. The average molecular weight is 265 g/mol. The molecule has 1 aromatic rings. The fraction of sp³-hybridized carbons (Fsp3) is 0.385. The number of carbonyl (C=O) groups is 2. The van der Waals surface area contributed by atoms with Crippen LogP contribution in [0.2, 0.25) is 0 Å². The minimum atomic E-state index is -0.672. The van der Waals surface area contributed by atoms with Crippen molar-refractivity contribution in [1.29, 1.82) is 0 Å². The first-order valence-corrected chi connectivity index (χ1v) is 6.04. The van der Waals surface area contributed by atoms with E-state index in [0.29, 0.717) is 0 Å². The van der Waals surface area contributed by atoms with Crippen LogP contribution in [0.1, 0.15) is 5.56 Å². The molecule has 0 unspecified atom stereocenters. The lowest BCUT2D eigenvalue weighted by molar-refractivity contribution is -0.128. The number of nitrogens with two attached hydrogens (primary N) is 1. The standard InChI is InChI=1S/C13H19N3O3/c1-15-9-12(17)16(8-7-14)13(18)19-10-11-5-3-2-4-6-11/h2-6,15H,7-10,14H2,1H3. The predicted octanol–water partition coefficient (Wildman–Crippen LogP) is 0.330. The molecule has 0 heterocycles. The average Bonchev–Trinajstić information content (AvgIpc) is 2.43. The smallest absolute Gasteiger partial charge is 0.416 e. The molecule has 0 radical (unpaired) electrons. The minimum Gasteiger partial charge on any atom is -0.444 e. The summed E-state index contributed by atoms with van der Waals surface area (Å²) >= 11 is 0. The maximum absolute atomic E-state index is 11.8. The van der Waals surface area contributed by atoms with Gasteiger partial charge in [-0.1, -0.05) is 30.3 Å². The molecule has 0 fully saturated rings. The number of rotatable bonds is 6. The van der Waals surface area contributed by atoms with Crippen LogP contribution in [0, 0.1) is 0 Å². The molecule has 1 aromatic carbocycles. The largest absolute Gasteiger partial charge is 0.444 e. The van der Waals surface area contributed by atoms with Crippen molar-refractivity contribution in [3.05, 3.63) is 35.9 Å². The summed E-state index contributed by atoms with van der Waals surface area (Å²) in [5.41, 5.74) is 6.25. The lowest BCUT2D eigenvalue weighted by Crippen LogP contribution is -2.44. The molecule has 6 heteroatoms. The SMILES string of the molecule is CNCC(=O)N(CCN)C(=O)OCc1ccccc1. The predicted molar refractivity (Wildman–Crippen MR) is 71.3 cm³/mol. The van der Waals surface area contributed by atoms with E-state index in [1.807, 2.05) is 30.3 Å². The normalized spacial score (nSPS) is 10.0. The quantitative estimate of drug-likeness (QED) is 0.774. The molecule has 0 aliphatic heterocycles. The fourth-order valence-electron chi connectivity index (χ4n) is 1.49. The molecule has 2 amide bonds. The number of ether oxygens (including phenoxy) is 1. The molecular weight excluding hydrogens is 246 g/mol. The van der Waals surface area contributed by atoms with Gasteiger partial charge in [-0.25, -0.2) is 9.69 Å². The first kappa shape index (κ1) is 15.1. The number of hydrogen-bond acceptors (Lipinski definition) is 5. The molecule has 0 spiro atoms. The van der Waals surface area contributed by atoms with Crippen molar-refractivity contribution in [2.45, 2.75) is 6.61 Å². The number of benzene rings is 1. The summed E-state index contributed by atoms with van der Waals surface area (Å²) in [5, 5.41) is 2.70. The Hall–Kier alpha value is -1.92. The summed E-state index contributed by atoms with van der Waals surface area (Å²) in [6, 6.07) is 9.27. The van der Waals surface area contributed by atoms with Crippen LogP contribution in [0.3, 0.4) is 0 Å². The second-order valence-corrected chi connectivity index (χ2v) is 3.90. The van der Waals surface area contributed by atoms with Gasteiger partial charge in [0, 0.05) is 13.1 Å². The lowest BCUT2D eigenvalue weighted by atomic mass is 10.2. The molecule has 19 heavy (non-hydrogen) atoms. The van der Waals surface area contributed by atoms with E-state index in [0.717, 1.165) is 10.5 Å². The molecule has 6 nitrogen and oxygen atoms in total. The van der Waals surface area contributed by atoms with E-state index in [1.54, 1.807) is 7.05 Å². The Balaban J connectivity index is 2.54. The van der Waals surface area contributed by atoms with Gasteiger partial charge in [0.05, 0.1) is 6.54 Å². The third kappa shape index (κ3) is 5.07. The summed E-state index contributed by atoms with van der Waals surface area (Å²) in [5.74, 6) is -0.356. The van der Waals surface area contributed by atoms with E-state index in [9.17, 15) is 9.59 Å². The number of nitrogens with one attached hydrogen (secondary N) is 1. The van der Waals surface area contributed by atoms with Gasteiger partial charge < -0.3 is 15.8 Å². The second-order valence-electron chi connectivity index (χ2n) is 3.90. The Morgan fingerprint density at radius 1 is 1.32 bits per heavy atom. The van der Waals surface area contributed by atoms with Gasteiger partial charge in [-0.3, -0.25) is 4.79 Å². The number of likely N-dealkylation sites (N-methyl/N-ethyl adjacent to an activating group) is 1. The van der Waals surface area contributed by atoms with Crippen LogP contribution in [0.15, 0.2) is 30.3 Å². The topological polar surface area (TPSA) is 84.7 Å². The van der Waals surface area contributed by atoms with Crippen molar-refractivity contribution in [2.24, 2.45) is 5.73 Å². The van der Waals surface area contributed by atoms with Gasteiger partial charge in [0.15, 0.2) is 0 Å². The van der Waals surface area contributed by atoms with Crippen molar-refractivity contribution in [3.63, 3.8) is 0 Å². The zero-order valence-electron chi connectivity index (χ0n) is 11.0. The summed E-state index contributed by atoms with van der Waals surface area (Å²) in [6.07, 6.45) is -0.672. The van der Waals surface area contributed by atoms with Gasteiger partial charge in [-0.2, -0.15) is 0 Å². The number of amides is 2. The van der Waals surface area contributed by atoms with Crippen molar-refractivity contribution in [2.75, 3.05) is 26.7 Å². The summed E-state index contributed by atoms with van der Waals surface area (Å²) in [4.78, 5) is 24.5. The highest BCUT2D eigenvalue weighted by Crippen LogP contribution is 2.03. The summed E-state index contributed by atoms with van der Waals surface area (Å²) in [6.45, 7) is 0.554. The Bertz CT molecular complexity index is 409. The molecule has 0 saturated carbocycles. The Morgan fingerprint density at radius 3 is 2.58 bits per heavy atom. The summed E-state index contributed by atoms with van der Waals surface area (Å²) < 4.78 is 5.09. The monoisotopic (exact) mass is 265 g/mol. The molecular formula is C13H19N3O3. The molecule has 0 saturated heterocycles. The van der Waals surface area contributed by atoms with Crippen LogP contribution < -0.4 is 11.1 Å². The van der Waals surface area contributed by atoms with Crippen molar-refractivity contribution in [1.82, 2.24) is 10.2 Å². The van der Waals surface area contributed by atoms with Gasteiger partial charge >= 0.3 is 6.09 Å². The molecule has 0 atom stereocenters. The molecule has 104 valence electrons. The van der Waals surface area contributed by atoms with Crippen molar-refractivity contribution >= 4 is 12.0 Å². The fourth-order valence-corrected chi connectivity index (χ4v) is 1.49. The summed E-state index contributed by atoms with van der Waals surface area (Å²) in [7, 11) is 1.63.